The summed E-state index contributed by atoms with van der Waals surface area (Å²) >= 11 is 0. The molecule has 3 heteroatoms. The maximum atomic E-state index is 8.81. The van der Waals surface area contributed by atoms with Crippen molar-refractivity contribution in [2.24, 2.45) is 0 Å². The van der Waals surface area contributed by atoms with Crippen LogP contribution in [0.15, 0.2) is 6.20 Å². The first-order chi connectivity index (χ1) is 5.16. The average molecular weight is 154 g/mol. The van der Waals surface area contributed by atoms with Gasteiger partial charge in [0.25, 0.3) is 0 Å². The topological polar surface area (TPSA) is 38.0 Å². The molecule has 0 spiro atoms. The third-order valence-corrected chi connectivity index (χ3v) is 1.90. The monoisotopic (exact) mass is 154 g/mol. The molecule has 0 aliphatic carbocycles. The Morgan fingerprint density at radius 2 is 2.27 bits per heavy atom. The predicted molar refractivity (Wildman–Crippen MR) is 43.3 cm³/mol. The number of nitrogens with zero attached hydrogens (tertiary/aromatic N) is 2. The predicted octanol–water partition coefficient (Wildman–Crippen LogP) is 1.26. The Morgan fingerprint density at radius 3 is 2.55 bits per heavy atom. The molecule has 1 aromatic rings. The molecule has 0 aliphatic rings. The summed E-state index contributed by atoms with van der Waals surface area (Å²) in [6.45, 7) is 6.18. The van der Waals surface area contributed by atoms with Crippen molar-refractivity contribution in [2.75, 3.05) is 0 Å². The van der Waals surface area contributed by atoms with Crippen molar-refractivity contribution in [1.29, 1.82) is 0 Å². The highest BCUT2D eigenvalue weighted by molar-refractivity contribution is 5.19. The molecule has 0 aromatic carbocycles. The van der Waals surface area contributed by atoms with Gasteiger partial charge in [0.15, 0.2) is 0 Å². The number of aromatic nitrogens is 2. The van der Waals surface area contributed by atoms with Gasteiger partial charge in [-0.3, -0.25) is 0 Å². The van der Waals surface area contributed by atoms with Crippen LogP contribution in [0.1, 0.15) is 31.0 Å². The van der Waals surface area contributed by atoms with Crippen LogP contribution in [0.3, 0.4) is 0 Å². The van der Waals surface area contributed by atoms with Gasteiger partial charge in [-0.25, -0.2) is 4.68 Å². The molecule has 1 aromatic heterocycles. The van der Waals surface area contributed by atoms with Crippen molar-refractivity contribution < 1.29 is 5.11 Å². The Morgan fingerprint density at radius 1 is 1.64 bits per heavy atom. The zero-order valence-electron chi connectivity index (χ0n) is 7.20. The van der Waals surface area contributed by atoms with Gasteiger partial charge in [-0.05, 0) is 18.4 Å². The van der Waals surface area contributed by atoms with Crippen LogP contribution in [0.25, 0.3) is 0 Å². The van der Waals surface area contributed by atoms with Crippen molar-refractivity contribution in [1.82, 2.24) is 9.78 Å². The van der Waals surface area contributed by atoms with Gasteiger partial charge in [0.1, 0.15) is 6.73 Å². The molecule has 0 amide bonds. The fraction of sp³-hybridized carbons (Fsp3) is 0.625. The Balaban J connectivity index is 3.00. The molecule has 0 radical (unpaired) electrons. The summed E-state index contributed by atoms with van der Waals surface area (Å²) in [5.74, 6) is 0.482. The first-order valence-electron chi connectivity index (χ1n) is 3.80. The van der Waals surface area contributed by atoms with Crippen molar-refractivity contribution in [2.45, 2.75) is 33.4 Å². The molecule has 1 N–H and O–H groups in total. The molecule has 0 saturated carbocycles. The fourth-order valence-corrected chi connectivity index (χ4v) is 1.17. The van der Waals surface area contributed by atoms with Crippen LogP contribution in [-0.2, 0) is 6.73 Å². The van der Waals surface area contributed by atoms with E-state index < -0.39 is 0 Å². The SMILES string of the molecule is Cc1c(C(C)C)cnn1CO. The summed E-state index contributed by atoms with van der Waals surface area (Å²) in [6, 6.07) is 0. The van der Waals surface area contributed by atoms with E-state index in [4.69, 9.17) is 5.11 Å². The standard InChI is InChI=1S/C8H14N2O/c1-6(2)8-4-9-10(5-11)7(8)3/h4,6,11H,5H2,1-3H3. The van der Waals surface area contributed by atoms with E-state index in [9.17, 15) is 0 Å². The highest BCUT2D eigenvalue weighted by atomic mass is 16.3. The second-order valence-electron chi connectivity index (χ2n) is 2.98. The summed E-state index contributed by atoms with van der Waals surface area (Å²) in [4.78, 5) is 0. The maximum absolute atomic E-state index is 8.81. The van der Waals surface area contributed by atoms with Gasteiger partial charge >= 0.3 is 0 Å². The van der Waals surface area contributed by atoms with E-state index in [2.05, 4.69) is 18.9 Å². The van der Waals surface area contributed by atoms with Crippen molar-refractivity contribution in [3.63, 3.8) is 0 Å². The Kier molecular flexibility index (Phi) is 2.29. The molecule has 0 atom stereocenters. The Bertz CT molecular complexity index is 240. The lowest BCUT2D eigenvalue weighted by Gasteiger charge is -2.03. The van der Waals surface area contributed by atoms with E-state index in [0.717, 1.165) is 5.69 Å². The summed E-state index contributed by atoms with van der Waals surface area (Å²) < 4.78 is 1.59. The lowest BCUT2D eigenvalue weighted by atomic mass is 10.1. The third-order valence-electron chi connectivity index (χ3n) is 1.90. The minimum atomic E-state index is -0.0292. The largest absolute Gasteiger partial charge is 0.374 e. The van der Waals surface area contributed by atoms with E-state index in [1.165, 1.54) is 5.56 Å². The molecule has 0 fully saturated rings. The van der Waals surface area contributed by atoms with Gasteiger partial charge in [0.2, 0.25) is 0 Å². The van der Waals surface area contributed by atoms with Crippen LogP contribution in [0.2, 0.25) is 0 Å². The summed E-state index contributed by atoms with van der Waals surface area (Å²) in [6.07, 6.45) is 1.82. The molecule has 0 saturated heterocycles. The van der Waals surface area contributed by atoms with Crippen LogP contribution in [-0.4, -0.2) is 14.9 Å². The number of aliphatic hydroxyl groups excluding tert-OH is 1. The Hall–Kier alpha value is -0.830. The molecule has 11 heavy (non-hydrogen) atoms. The minimum Gasteiger partial charge on any atom is -0.374 e. The lowest BCUT2D eigenvalue weighted by Crippen LogP contribution is -2.01. The van der Waals surface area contributed by atoms with E-state index in [-0.39, 0.29) is 6.73 Å². The van der Waals surface area contributed by atoms with Crippen LogP contribution in [0, 0.1) is 6.92 Å². The average Bonchev–Trinajstić information content (AvgIpc) is 2.30. The second-order valence-corrected chi connectivity index (χ2v) is 2.98. The fourth-order valence-electron chi connectivity index (χ4n) is 1.17. The molecule has 3 nitrogen and oxygen atoms in total. The number of hydrogen-bond acceptors (Lipinski definition) is 2. The van der Waals surface area contributed by atoms with E-state index in [1.807, 2.05) is 13.1 Å². The minimum absolute atomic E-state index is 0.0292. The molecule has 0 aliphatic heterocycles. The molecule has 1 heterocycles. The molecule has 0 unspecified atom stereocenters. The van der Waals surface area contributed by atoms with Crippen molar-refractivity contribution in [3.05, 3.63) is 17.5 Å². The van der Waals surface area contributed by atoms with Gasteiger partial charge in [-0.2, -0.15) is 5.10 Å². The lowest BCUT2D eigenvalue weighted by molar-refractivity contribution is 0.192. The van der Waals surface area contributed by atoms with Gasteiger partial charge in [0.05, 0.1) is 6.20 Å². The maximum Gasteiger partial charge on any atom is 0.136 e. The Labute approximate surface area is 66.7 Å². The number of hydrogen-bond donors (Lipinski definition) is 1. The highest BCUT2D eigenvalue weighted by Crippen LogP contribution is 2.17. The van der Waals surface area contributed by atoms with Crippen molar-refractivity contribution in [3.8, 4) is 0 Å². The number of aliphatic hydroxyl groups is 1. The summed E-state index contributed by atoms with van der Waals surface area (Å²) in [5.41, 5.74) is 2.27. The zero-order chi connectivity index (χ0) is 8.43. The van der Waals surface area contributed by atoms with Gasteiger partial charge in [-0.15, -0.1) is 0 Å². The summed E-state index contributed by atoms with van der Waals surface area (Å²) in [5, 5.41) is 12.8. The van der Waals surface area contributed by atoms with Crippen LogP contribution >= 0.6 is 0 Å². The molecule has 0 bridgehead atoms. The first kappa shape index (κ1) is 8.27. The first-order valence-corrected chi connectivity index (χ1v) is 3.80. The third kappa shape index (κ3) is 1.43. The highest BCUT2D eigenvalue weighted by Gasteiger charge is 2.07. The van der Waals surface area contributed by atoms with Crippen LogP contribution in [0.4, 0.5) is 0 Å². The van der Waals surface area contributed by atoms with Crippen molar-refractivity contribution >= 4 is 0 Å². The van der Waals surface area contributed by atoms with Gasteiger partial charge in [-0.1, -0.05) is 13.8 Å². The second kappa shape index (κ2) is 3.05. The molecular weight excluding hydrogens is 140 g/mol. The summed E-state index contributed by atoms with van der Waals surface area (Å²) in [7, 11) is 0. The molecular formula is C8H14N2O. The van der Waals surface area contributed by atoms with Crippen LogP contribution < -0.4 is 0 Å². The quantitative estimate of drug-likeness (QED) is 0.696. The zero-order valence-corrected chi connectivity index (χ0v) is 7.20. The van der Waals surface area contributed by atoms with E-state index >= 15 is 0 Å². The molecule has 62 valence electrons. The van der Waals surface area contributed by atoms with Crippen LogP contribution in [0.5, 0.6) is 0 Å². The number of rotatable bonds is 2. The smallest absolute Gasteiger partial charge is 0.136 e. The molecule has 1 rings (SSSR count). The van der Waals surface area contributed by atoms with Gasteiger partial charge < -0.3 is 5.11 Å². The van der Waals surface area contributed by atoms with E-state index in [1.54, 1.807) is 4.68 Å². The van der Waals surface area contributed by atoms with Gasteiger partial charge in [0, 0.05) is 5.69 Å². The normalized spacial score (nSPS) is 11.0. The van der Waals surface area contributed by atoms with E-state index in [0.29, 0.717) is 5.92 Å².